The Hall–Kier alpha value is -0.910. The number of benzene rings is 1. The Bertz CT molecular complexity index is 759. The highest BCUT2D eigenvalue weighted by atomic mass is 32.2. The largest absolute Gasteiger partial charge is 0.296 e. The molecule has 1 saturated heterocycles. The van der Waals surface area contributed by atoms with Gasteiger partial charge in [0.15, 0.2) is 0 Å². The molecule has 0 aromatic heterocycles. The van der Waals surface area contributed by atoms with Crippen molar-refractivity contribution >= 4 is 10.0 Å². The molecule has 0 radical (unpaired) electrons. The average molecular weight is 405 g/mol. The summed E-state index contributed by atoms with van der Waals surface area (Å²) in [6.07, 6.45) is 10.2. The Kier molecular flexibility index (Phi) is 6.15. The zero-order valence-corrected chi connectivity index (χ0v) is 18.2. The summed E-state index contributed by atoms with van der Waals surface area (Å²) < 4.78 is 26.8. The van der Waals surface area contributed by atoms with E-state index in [0.29, 0.717) is 17.2 Å². The lowest BCUT2D eigenvalue weighted by Gasteiger charge is -2.48. The summed E-state index contributed by atoms with van der Waals surface area (Å²) in [6.45, 7) is 5.84. The van der Waals surface area contributed by atoms with Crippen molar-refractivity contribution in [2.45, 2.75) is 77.3 Å². The van der Waals surface area contributed by atoms with E-state index < -0.39 is 10.0 Å². The van der Waals surface area contributed by atoms with Gasteiger partial charge in [-0.1, -0.05) is 37.6 Å². The van der Waals surface area contributed by atoms with Gasteiger partial charge in [-0.3, -0.25) is 4.90 Å². The van der Waals surface area contributed by atoms with E-state index in [4.69, 9.17) is 0 Å². The molecule has 1 saturated carbocycles. The fourth-order valence-electron chi connectivity index (χ4n) is 5.60. The van der Waals surface area contributed by atoms with Crippen LogP contribution in [0.2, 0.25) is 0 Å². The van der Waals surface area contributed by atoms with Gasteiger partial charge in [-0.2, -0.15) is 0 Å². The third-order valence-corrected chi connectivity index (χ3v) is 9.58. The molecule has 1 spiro atoms. The minimum absolute atomic E-state index is 0.328. The van der Waals surface area contributed by atoms with Gasteiger partial charge in [0.25, 0.3) is 0 Å². The standard InChI is InChI=1S/C23H36N2O2S/c1-2-3-18-28(26,27)25-16-13-23(14-17-25)11-8-22(9-12-23)24-15-10-20-6-4-5-7-21(20)19-24/h4-7,22H,2-3,8-19H2,1H3. The SMILES string of the molecule is CCCCS(=O)(=O)N1CCC2(CCC(N3CCc4ccccc4C3)CC2)CC1. The second-order valence-electron chi connectivity index (χ2n) is 9.29. The third kappa shape index (κ3) is 4.31. The van der Waals surface area contributed by atoms with Crippen LogP contribution in [-0.2, 0) is 23.0 Å². The van der Waals surface area contributed by atoms with Crippen LogP contribution >= 0.6 is 0 Å². The van der Waals surface area contributed by atoms with Gasteiger partial charge in [-0.15, -0.1) is 0 Å². The highest BCUT2D eigenvalue weighted by Gasteiger charge is 2.41. The van der Waals surface area contributed by atoms with Crippen molar-refractivity contribution in [3.8, 4) is 0 Å². The normalized spacial score (nSPS) is 24.3. The molecule has 4 rings (SSSR count). The molecular weight excluding hydrogens is 368 g/mol. The molecule has 0 N–H and O–H groups in total. The van der Waals surface area contributed by atoms with E-state index in [2.05, 4.69) is 36.1 Å². The summed E-state index contributed by atoms with van der Waals surface area (Å²) >= 11 is 0. The van der Waals surface area contributed by atoms with E-state index in [-0.39, 0.29) is 0 Å². The monoisotopic (exact) mass is 404 g/mol. The van der Waals surface area contributed by atoms with E-state index in [9.17, 15) is 8.42 Å². The van der Waals surface area contributed by atoms with Gasteiger partial charge >= 0.3 is 0 Å². The van der Waals surface area contributed by atoms with Gasteiger partial charge in [0, 0.05) is 32.2 Å². The first kappa shape index (κ1) is 20.4. The number of hydrogen-bond donors (Lipinski definition) is 0. The first-order chi connectivity index (χ1) is 13.5. The average Bonchev–Trinajstić information content (AvgIpc) is 2.73. The first-order valence-corrected chi connectivity index (χ1v) is 12.9. The lowest BCUT2D eigenvalue weighted by Crippen LogP contribution is -2.48. The lowest BCUT2D eigenvalue weighted by atomic mass is 9.67. The maximum atomic E-state index is 12.5. The maximum absolute atomic E-state index is 12.5. The summed E-state index contributed by atoms with van der Waals surface area (Å²) in [5, 5.41) is 0. The number of nitrogens with zero attached hydrogens (tertiary/aromatic N) is 2. The van der Waals surface area contributed by atoms with Crippen molar-refractivity contribution in [3.63, 3.8) is 0 Å². The molecule has 156 valence electrons. The molecule has 1 aliphatic carbocycles. The van der Waals surface area contributed by atoms with E-state index >= 15 is 0 Å². The Balaban J connectivity index is 1.29. The van der Waals surface area contributed by atoms with Crippen LogP contribution in [0.15, 0.2) is 24.3 Å². The molecule has 2 heterocycles. The minimum Gasteiger partial charge on any atom is -0.296 e. The fraction of sp³-hybridized carbons (Fsp3) is 0.739. The predicted octanol–water partition coefficient (Wildman–Crippen LogP) is 4.20. The maximum Gasteiger partial charge on any atom is 0.214 e. The van der Waals surface area contributed by atoms with Crippen LogP contribution in [0.4, 0.5) is 0 Å². The van der Waals surface area contributed by atoms with Crippen LogP contribution < -0.4 is 0 Å². The minimum atomic E-state index is -3.03. The third-order valence-electron chi connectivity index (χ3n) is 7.62. The van der Waals surface area contributed by atoms with Crippen LogP contribution in [0.3, 0.4) is 0 Å². The number of piperidine rings is 1. The number of rotatable bonds is 5. The summed E-state index contributed by atoms with van der Waals surface area (Å²) in [5.74, 6) is 0.328. The van der Waals surface area contributed by atoms with Crippen molar-refractivity contribution in [2.75, 3.05) is 25.4 Å². The predicted molar refractivity (Wildman–Crippen MR) is 115 cm³/mol. The van der Waals surface area contributed by atoms with Crippen molar-refractivity contribution in [1.29, 1.82) is 0 Å². The molecule has 4 nitrogen and oxygen atoms in total. The number of hydrogen-bond acceptors (Lipinski definition) is 3. The van der Waals surface area contributed by atoms with Crippen LogP contribution in [0.5, 0.6) is 0 Å². The van der Waals surface area contributed by atoms with Crippen LogP contribution in [0.1, 0.15) is 69.4 Å². The Morgan fingerprint density at radius 1 is 1.00 bits per heavy atom. The molecule has 0 atom stereocenters. The molecule has 0 unspecified atom stereocenters. The Labute approximate surface area is 171 Å². The van der Waals surface area contributed by atoms with Gasteiger partial charge in [0.05, 0.1) is 5.75 Å². The smallest absolute Gasteiger partial charge is 0.214 e. The molecule has 3 aliphatic rings. The van der Waals surface area contributed by atoms with Crippen molar-refractivity contribution in [1.82, 2.24) is 9.21 Å². The molecule has 1 aromatic rings. The van der Waals surface area contributed by atoms with Crippen LogP contribution in [0.25, 0.3) is 0 Å². The topological polar surface area (TPSA) is 40.6 Å². The first-order valence-electron chi connectivity index (χ1n) is 11.3. The Morgan fingerprint density at radius 2 is 1.68 bits per heavy atom. The second kappa shape index (κ2) is 8.45. The zero-order valence-electron chi connectivity index (χ0n) is 17.4. The summed E-state index contributed by atoms with van der Waals surface area (Å²) in [4.78, 5) is 2.71. The van der Waals surface area contributed by atoms with Crippen molar-refractivity contribution < 1.29 is 8.42 Å². The van der Waals surface area contributed by atoms with Gasteiger partial charge in [-0.05, 0) is 67.9 Å². The molecule has 2 fully saturated rings. The molecule has 1 aromatic carbocycles. The quantitative estimate of drug-likeness (QED) is 0.738. The number of sulfonamides is 1. The molecule has 0 bridgehead atoms. The molecule has 2 aliphatic heterocycles. The van der Waals surface area contributed by atoms with Crippen molar-refractivity contribution in [3.05, 3.63) is 35.4 Å². The zero-order chi connectivity index (χ0) is 19.6. The second-order valence-corrected chi connectivity index (χ2v) is 11.4. The van der Waals surface area contributed by atoms with Gasteiger partial charge in [-0.25, -0.2) is 12.7 Å². The molecule has 0 amide bonds. The highest BCUT2D eigenvalue weighted by Crippen LogP contribution is 2.46. The number of fused-ring (bicyclic) bond motifs is 1. The highest BCUT2D eigenvalue weighted by molar-refractivity contribution is 7.89. The summed E-state index contributed by atoms with van der Waals surface area (Å²) in [5.41, 5.74) is 3.45. The number of unbranched alkanes of at least 4 members (excludes halogenated alkanes) is 1. The van der Waals surface area contributed by atoms with E-state index in [1.807, 2.05) is 0 Å². The van der Waals surface area contributed by atoms with E-state index in [1.165, 1.54) is 49.8 Å². The van der Waals surface area contributed by atoms with Gasteiger partial charge in [0.2, 0.25) is 10.0 Å². The molecular formula is C23H36N2O2S. The Morgan fingerprint density at radius 3 is 2.36 bits per heavy atom. The van der Waals surface area contributed by atoms with Crippen molar-refractivity contribution in [2.24, 2.45) is 5.41 Å². The lowest BCUT2D eigenvalue weighted by molar-refractivity contribution is 0.0459. The fourth-order valence-corrected chi connectivity index (χ4v) is 7.25. The van der Waals surface area contributed by atoms with E-state index in [0.717, 1.165) is 45.3 Å². The van der Waals surface area contributed by atoms with Gasteiger partial charge in [0.1, 0.15) is 0 Å². The van der Waals surface area contributed by atoms with E-state index in [1.54, 1.807) is 4.31 Å². The van der Waals surface area contributed by atoms with Crippen LogP contribution in [0, 0.1) is 5.41 Å². The van der Waals surface area contributed by atoms with Gasteiger partial charge < -0.3 is 0 Å². The van der Waals surface area contributed by atoms with Crippen LogP contribution in [-0.4, -0.2) is 49.1 Å². The summed E-state index contributed by atoms with van der Waals surface area (Å²) in [6, 6.07) is 9.62. The molecule has 5 heteroatoms. The summed E-state index contributed by atoms with van der Waals surface area (Å²) in [7, 11) is -3.03. The molecule has 28 heavy (non-hydrogen) atoms.